The number of benzene rings is 1. The van der Waals surface area contributed by atoms with E-state index in [1.165, 1.54) is 4.90 Å². The Hall–Kier alpha value is -2.47. The van der Waals surface area contributed by atoms with Crippen LogP contribution in [-0.2, 0) is 11.2 Å². The first-order chi connectivity index (χ1) is 11.0. The predicted octanol–water partition coefficient (Wildman–Crippen LogP) is 3.02. The first-order valence-corrected chi connectivity index (χ1v) is 7.74. The summed E-state index contributed by atoms with van der Waals surface area (Å²) in [6.45, 7) is 1.98. The minimum Gasteiger partial charge on any atom is -0.352 e. The predicted molar refractivity (Wildman–Crippen MR) is 93.0 cm³/mol. The summed E-state index contributed by atoms with van der Waals surface area (Å²) < 4.78 is 0.362. The topological polar surface area (TPSA) is 65.2 Å². The number of aryl methyl sites for hydroxylation is 1. The quantitative estimate of drug-likeness (QED) is 0.829. The second-order valence-corrected chi connectivity index (χ2v) is 5.54. The Bertz CT molecular complexity index is 770. The zero-order valence-electron chi connectivity index (χ0n) is 13.1. The molecule has 0 spiro atoms. The summed E-state index contributed by atoms with van der Waals surface area (Å²) in [4.78, 5) is 28.7. The number of aromatic amines is 1. The Morgan fingerprint density at radius 3 is 2.65 bits per heavy atom. The van der Waals surface area contributed by atoms with E-state index in [-0.39, 0.29) is 18.4 Å². The summed E-state index contributed by atoms with van der Waals surface area (Å²) in [6, 6.07) is 11.0. The molecule has 2 rings (SSSR count). The number of para-hydroxylation sites is 1. The van der Waals surface area contributed by atoms with Crippen LogP contribution in [0.2, 0.25) is 0 Å². The highest BCUT2D eigenvalue weighted by molar-refractivity contribution is 7.71. The van der Waals surface area contributed by atoms with Gasteiger partial charge in [0.2, 0.25) is 5.91 Å². The molecule has 0 aliphatic heterocycles. The van der Waals surface area contributed by atoms with Gasteiger partial charge in [0, 0.05) is 18.9 Å². The number of H-pyrrole nitrogens is 1. The summed E-state index contributed by atoms with van der Waals surface area (Å²) in [7, 11) is 1.58. The number of carbonyl (C=O) groups is 2. The molecule has 1 heterocycles. The molecular formula is C17H19N3O2S. The van der Waals surface area contributed by atoms with Crippen molar-refractivity contribution in [3.63, 3.8) is 0 Å². The fourth-order valence-corrected chi connectivity index (χ4v) is 2.45. The largest absolute Gasteiger partial charge is 0.352 e. The number of hydrogen-bond acceptors (Lipinski definition) is 3. The molecule has 2 N–H and O–H groups in total. The highest BCUT2D eigenvalue weighted by Gasteiger charge is 2.16. The molecule has 2 amide bonds. The van der Waals surface area contributed by atoms with E-state index in [2.05, 4.69) is 10.3 Å². The van der Waals surface area contributed by atoms with Crippen molar-refractivity contribution >= 4 is 29.7 Å². The maximum absolute atomic E-state index is 12.3. The number of nitrogens with zero attached hydrogens (tertiary/aromatic N) is 1. The van der Waals surface area contributed by atoms with Crippen molar-refractivity contribution in [2.45, 2.75) is 13.3 Å². The Balaban J connectivity index is 2.04. The van der Waals surface area contributed by atoms with E-state index < -0.39 is 0 Å². The van der Waals surface area contributed by atoms with E-state index in [1.54, 1.807) is 25.4 Å². The Morgan fingerprint density at radius 2 is 1.96 bits per heavy atom. The van der Waals surface area contributed by atoms with Gasteiger partial charge in [-0.25, -0.2) is 0 Å². The number of rotatable bonds is 5. The molecule has 0 unspecified atom stereocenters. The number of amides is 2. The van der Waals surface area contributed by atoms with E-state index in [0.717, 1.165) is 17.7 Å². The van der Waals surface area contributed by atoms with Crippen LogP contribution in [0.25, 0.3) is 0 Å². The number of anilines is 1. The van der Waals surface area contributed by atoms with Crippen LogP contribution >= 0.6 is 12.2 Å². The van der Waals surface area contributed by atoms with Crippen LogP contribution in [0, 0.1) is 4.64 Å². The average molecular weight is 329 g/mol. The van der Waals surface area contributed by atoms with Gasteiger partial charge in [0.05, 0.1) is 12.1 Å². The highest BCUT2D eigenvalue weighted by atomic mass is 32.1. The van der Waals surface area contributed by atoms with Gasteiger partial charge in [-0.3, -0.25) is 9.59 Å². The fourth-order valence-electron chi connectivity index (χ4n) is 2.22. The number of pyridine rings is 1. The van der Waals surface area contributed by atoms with Gasteiger partial charge in [-0.2, -0.15) is 0 Å². The molecule has 0 saturated heterocycles. The van der Waals surface area contributed by atoms with Crippen molar-refractivity contribution in [3.8, 4) is 0 Å². The maximum atomic E-state index is 12.3. The zero-order chi connectivity index (χ0) is 16.8. The first kappa shape index (κ1) is 16.9. The van der Waals surface area contributed by atoms with Gasteiger partial charge >= 0.3 is 0 Å². The molecule has 0 bridgehead atoms. The van der Waals surface area contributed by atoms with Crippen LogP contribution in [-0.4, -0.2) is 35.3 Å². The Kier molecular flexibility index (Phi) is 5.65. The van der Waals surface area contributed by atoms with Crippen LogP contribution < -0.4 is 5.32 Å². The molecule has 0 radical (unpaired) electrons. The van der Waals surface area contributed by atoms with Crippen molar-refractivity contribution < 1.29 is 9.59 Å². The summed E-state index contributed by atoms with van der Waals surface area (Å²) in [6.07, 6.45) is 2.48. The number of hydrogen-bond donors (Lipinski definition) is 2. The van der Waals surface area contributed by atoms with Gasteiger partial charge in [0.25, 0.3) is 5.91 Å². The molecule has 1 aromatic heterocycles. The monoisotopic (exact) mass is 329 g/mol. The summed E-state index contributed by atoms with van der Waals surface area (Å²) >= 11 is 5.10. The second-order valence-electron chi connectivity index (χ2n) is 5.13. The molecule has 1 aromatic carbocycles. The third-order valence-corrected chi connectivity index (χ3v) is 3.79. The van der Waals surface area contributed by atoms with Crippen molar-refractivity contribution in [2.75, 3.05) is 18.9 Å². The SMILES string of the molecule is CCc1ccccc1NC(=O)CN(C)C(=O)c1ccc[nH]c1=S. The third-order valence-electron chi connectivity index (χ3n) is 3.45. The molecule has 2 aromatic rings. The summed E-state index contributed by atoms with van der Waals surface area (Å²) in [5.41, 5.74) is 2.21. The standard InChI is InChI=1S/C17H19N3O2S/c1-3-12-7-4-5-9-14(12)19-15(21)11-20(2)17(22)13-8-6-10-18-16(13)23/h4-10H,3,11H2,1-2H3,(H,18,23)(H,19,21). The molecule has 0 aliphatic carbocycles. The van der Waals surface area contributed by atoms with Crippen LogP contribution in [0.3, 0.4) is 0 Å². The van der Waals surface area contributed by atoms with Crippen LogP contribution in [0.1, 0.15) is 22.8 Å². The number of aromatic nitrogens is 1. The molecule has 5 nitrogen and oxygen atoms in total. The number of nitrogens with one attached hydrogen (secondary N) is 2. The fraction of sp³-hybridized carbons (Fsp3) is 0.235. The lowest BCUT2D eigenvalue weighted by Gasteiger charge is -2.17. The molecular weight excluding hydrogens is 310 g/mol. The lowest BCUT2D eigenvalue weighted by atomic mass is 10.1. The first-order valence-electron chi connectivity index (χ1n) is 7.34. The second kappa shape index (κ2) is 7.69. The average Bonchev–Trinajstić information content (AvgIpc) is 2.55. The summed E-state index contributed by atoms with van der Waals surface area (Å²) in [5, 5.41) is 2.85. The van der Waals surface area contributed by atoms with Crippen LogP contribution in [0.15, 0.2) is 42.6 Å². The third kappa shape index (κ3) is 4.26. The lowest BCUT2D eigenvalue weighted by Crippen LogP contribution is -2.35. The lowest BCUT2D eigenvalue weighted by molar-refractivity contribution is -0.116. The normalized spacial score (nSPS) is 10.2. The zero-order valence-corrected chi connectivity index (χ0v) is 13.9. The van der Waals surface area contributed by atoms with Crippen LogP contribution in [0.5, 0.6) is 0 Å². The van der Waals surface area contributed by atoms with Crippen molar-refractivity contribution in [2.24, 2.45) is 0 Å². The maximum Gasteiger partial charge on any atom is 0.257 e. The minimum absolute atomic E-state index is 0.0411. The molecule has 120 valence electrons. The van der Waals surface area contributed by atoms with Gasteiger partial charge in [0.1, 0.15) is 4.64 Å². The number of likely N-dealkylation sites (N-methyl/N-ethyl adjacent to an activating group) is 1. The number of carbonyl (C=O) groups excluding carboxylic acids is 2. The Labute approximate surface area is 140 Å². The van der Waals surface area contributed by atoms with Crippen LogP contribution in [0.4, 0.5) is 5.69 Å². The highest BCUT2D eigenvalue weighted by Crippen LogP contribution is 2.15. The van der Waals surface area contributed by atoms with Crippen molar-refractivity contribution in [1.29, 1.82) is 0 Å². The smallest absolute Gasteiger partial charge is 0.257 e. The van der Waals surface area contributed by atoms with E-state index in [0.29, 0.717) is 10.2 Å². The van der Waals surface area contributed by atoms with E-state index in [4.69, 9.17) is 12.2 Å². The van der Waals surface area contributed by atoms with Crippen molar-refractivity contribution in [3.05, 3.63) is 58.4 Å². The van der Waals surface area contributed by atoms with Gasteiger partial charge in [0.15, 0.2) is 0 Å². The van der Waals surface area contributed by atoms with E-state index in [1.807, 2.05) is 31.2 Å². The van der Waals surface area contributed by atoms with E-state index in [9.17, 15) is 9.59 Å². The summed E-state index contributed by atoms with van der Waals surface area (Å²) in [5.74, 6) is -0.529. The minimum atomic E-state index is -0.286. The van der Waals surface area contributed by atoms with Crippen molar-refractivity contribution in [1.82, 2.24) is 9.88 Å². The molecule has 6 heteroatoms. The molecule has 0 saturated carbocycles. The molecule has 0 aliphatic rings. The molecule has 23 heavy (non-hydrogen) atoms. The van der Waals surface area contributed by atoms with Gasteiger partial charge in [-0.15, -0.1) is 0 Å². The van der Waals surface area contributed by atoms with Gasteiger partial charge in [-0.1, -0.05) is 37.3 Å². The molecule has 0 fully saturated rings. The molecule has 0 atom stereocenters. The van der Waals surface area contributed by atoms with E-state index >= 15 is 0 Å². The Morgan fingerprint density at radius 1 is 1.22 bits per heavy atom. The van der Waals surface area contributed by atoms with Gasteiger partial charge in [-0.05, 0) is 30.2 Å². The van der Waals surface area contributed by atoms with Gasteiger partial charge < -0.3 is 15.2 Å².